The third-order valence-electron chi connectivity index (χ3n) is 2.34. The number of hydrogen-bond acceptors (Lipinski definition) is 2. The molecule has 1 aromatic carbocycles. The van der Waals surface area contributed by atoms with Gasteiger partial charge in [0.15, 0.2) is 0 Å². The van der Waals surface area contributed by atoms with Crippen LogP contribution >= 0.6 is 15.9 Å². The van der Waals surface area contributed by atoms with Crippen LogP contribution in [0.5, 0.6) is 0 Å². The first-order valence-electron chi connectivity index (χ1n) is 5.28. The summed E-state index contributed by atoms with van der Waals surface area (Å²) >= 11 is 3.37. The van der Waals surface area contributed by atoms with Crippen molar-refractivity contribution in [2.45, 2.75) is 0 Å². The van der Waals surface area contributed by atoms with E-state index in [0.29, 0.717) is 5.69 Å². The van der Waals surface area contributed by atoms with E-state index in [0.717, 1.165) is 10.0 Å². The normalized spacial score (nSPS) is 10.7. The van der Waals surface area contributed by atoms with E-state index >= 15 is 0 Å². The maximum Gasteiger partial charge on any atom is 0.335 e. The predicted octanol–water partition coefficient (Wildman–Crippen LogP) is 3.71. The number of rotatable bonds is 3. The number of carbonyl (C=O) groups is 1. The van der Waals surface area contributed by atoms with Crippen LogP contribution in [0.4, 0.5) is 0 Å². The summed E-state index contributed by atoms with van der Waals surface area (Å²) in [6.07, 6.45) is 5.17. The number of aromatic nitrogens is 1. The minimum Gasteiger partial charge on any atom is -0.478 e. The molecule has 0 fully saturated rings. The van der Waals surface area contributed by atoms with Crippen molar-refractivity contribution in [2.24, 2.45) is 0 Å². The number of carboxylic acids is 1. The van der Waals surface area contributed by atoms with Crippen LogP contribution in [0, 0.1) is 0 Å². The van der Waals surface area contributed by atoms with Crippen LogP contribution in [0.2, 0.25) is 0 Å². The summed E-state index contributed by atoms with van der Waals surface area (Å²) in [6.45, 7) is 0. The average molecular weight is 304 g/mol. The molecule has 0 spiro atoms. The Balaban J connectivity index is 2.20. The van der Waals surface area contributed by atoms with E-state index in [1.54, 1.807) is 6.08 Å². The molecule has 0 unspecified atom stereocenters. The number of carboxylic acid groups (broad SMARTS) is 1. The van der Waals surface area contributed by atoms with Crippen molar-refractivity contribution in [1.82, 2.24) is 4.98 Å². The quantitative estimate of drug-likeness (QED) is 0.940. The van der Waals surface area contributed by atoms with Crippen molar-refractivity contribution >= 4 is 34.1 Å². The molecule has 0 atom stereocenters. The van der Waals surface area contributed by atoms with Gasteiger partial charge in [0.1, 0.15) is 0 Å². The lowest BCUT2D eigenvalue weighted by Crippen LogP contribution is -1.96. The highest BCUT2D eigenvalue weighted by Crippen LogP contribution is 2.13. The van der Waals surface area contributed by atoms with Crippen LogP contribution in [0.1, 0.15) is 21.6 Å². The number of aromatic carboxylic acids is 1. The molecule has 4 heteroatoms. The maximum absolute atomic E-state index is 10.8. The summed E-state index contributed by atoms with van der Waals surface area (Å²) in [5, 5.41) is 8.87. The zero-order valence-electron chi connectivity index (χ0n) is 9.38. The van der Waals surface area contributed by atoms with E-state index in [4.69, 9.17) is 5.11 Å². The van der Waals surface area contributed by atoms with E-state index in [1.807, 2.05) is 30.3 Å². The van der Waals surface area contributed by atoms with Gasteiger partial charge in [0.25, 0.3) is 0 Å². The average Bonchev–Trinajstić information content (AvgIpc) is 2.38. The fourth-order valence-corrected chi connectivity index (χ4v) is 1.69. The minimum atomic E-state index is -0.948. The molecule has 0 radical (unpaired) electrons. The maximum atomic E-state index is 10.8. The zero-order valence-corrected chi connectivity index (χ0v) is 11.0. The van der Waals surface area contributed by atoms with Gasteiger partial charge in [0.05, 0.1) is 11.3 Å². The molecule has 0 bridgehead atoms. The SMILES string of the molecule is O=C(O)c1ccnc(C=Cc2ccc(Br)cc2)c1. The molecule has 0 aliphatic carbocycles. The molecule has 18 heavy (non-hydrogen) atoms. The van der Waals surface area contributed by atoms with E-state index in [9.17, 15) is 4.79 Å². The number of benzene rings is 1. The fourth-order valence-electron chi connectivity index (χ4n) is 1.43. The summed E-state index contributed by atoms with van der Waals surface area (Å²) < 4.78 is 1.02. The third-order valence-corrected chi connectivity index (χ3v) is 2.87. The molecule has 0 aliphatic heterocycles. The lowest BCUT2D eigenvalue weighted by atomic mass is 10.2. The Hall–Kier alpha value is -1.94. The summed E-state index contributed by atoms with van der Waals surface area (Å²) in [4.78, 5) is 14.9. The third kappa shape index (κ3) is 3.28. The number of pyridine rings is 1. The Bertz CT molecular complexity index is 591. The van der Waals surface area contributed by atoms with E-state index in [2.05, 4.69) is 20.9 Å². The fraction of sp³-hybridized carbons (Fsp3) is 0. The Morgan fingerprint density at radius 1 is 1.17 bits per heavy atom. The molecule has 90 valence electrons. The highest BCUT2D eigenvalue weighted by molar-refractivity contribution is 9.10. The molecule has 2 rings (SSSR count). The molecule has 0 amide bonds. The van der Waals surface area contributed by atoms with Crippen LogP contribution in [0.15, 0.2) is 47.1 Å². The summed E-state index contributed by atoms with van der Waals surface area (Å²) in [5.41, 5.74) is 1.89. The van der Waals surface area contributed by atoms with Crippen molar-refractivity contribution in [3.63, 3.8) is 0 Å². The topological polar surface area (TPSA) is 50.2 Å². The largest absolute Gasteiger partial charge is 0.478 e. The molecule has 1 N–H and O–H groups in total. The molecular weight excluding hydrogens is 294 g/mol. The highest BCUT2D eigenvalue weighted by atomic mass is 79.9. The Morgan fingerprint density at radius 3 is 2.56 bits per heavy atom. The van der Waals surface area contributed by atoms with Gasteiger partial charge < -0.3 is 5.11 Å². The Labute approximate surface area is 113 Å². The van der Waals surface area contributed by atoms with Crippen LogP contribution in [-0.4, -0.2) is 16.1 Å². The summed E-state index contributed by atoms with van der Waals surface area (Å²) in [6, 6.07) is 10.8. The van der Waals surface area contributed by atoms with Crippen molar-refractivity contribution in [3.05, 3.63) is 63.9 Å². The van der Waals surface area contributed by atoms with Crippen LogP contribution in [0.3, 0.4) is 0 Å². The van der Waals surface area contributed by atoms with Crippen LogP contribution in [0.25, 0.3) is 12.2 Å². The van der Waals surface area contributed by atoms with Gasteiger partial charge in [-0.05, 0) is 35.9 Å². The summed E-state index contributed by atoms with van der Waals surface area (Å²) in [5.74, 6) is -0.948. The standard InChI is InChI=1S/C14H10BrNO2/c15-12-4-1-10(2-5-12)3-6-13-9-11(14(17)18)7-8-16-13/h1-9H,(H,17,18). The predicted molar refractivity (Wildman–Crippen MR) is 74.3 cm³/mol. The van der Waals surface area contributed by atoms with Crippen molar-refractivity contribution in [2.75, 3.05) is 0 Å². The second-order valence-electron chi connectivity index (χ2n) is 3.66. The van der Waals surface area contributed by atoms with E-state index in [1.165, 1.54) is 18.3 Å². The smallest absolute Gasteiger partial charge is 0.335 e. The Kier molecular flexibility index (Phi) is 3.89. The monoisotopic (exact) mass is 303 g/mol. The molecule has 0 saturated heterocycles. The van der Waals surface area contributed by atoms with Gasteiger partial charge in [0.2, 0.25) is 0 Å². The molecule has 0 aliphatic rings. The van der Waals surface area contributed by atoms with Crippen LogP contribution < -0.4 is 0 Å². The first-order chi connectivity index (χ1) is 8.65. The van der Waals surface area contributed by atoms with Gasteiger partial charge >= 0.3 is 5.97 Å². The molecule has 1 aromatic heterocycles. The van der Waals surface area contributed by atoms with Gasteiger partial charge in [-0.25, -0.2) is 4.79 Å². The minimum absolute atomic E-state index is 0.237. The van der Waals surface area contributed by atoms with Gasteiger partial charge in [-0.3, -0.25) is 4.98 Å². The van der Waals surface area contributed by atoms with Gasteiger partial charge in [0, 0.05) is 10.7 Å². The lowest BCUT2D eigenvalue weighted by molar-refractivity contribution is 0.0696. The second-order valence-corrected chi connectivity index (χ2v) is 4.58. The summed E-state index contributed by atoms with van der Waals surface area (Å²) in [7, 11) is 0. The van der Waals surface area contributed by atoms with E-state index in [-0.39, 0.29) is 5.56 Å². The Morgan fingerprint density at radius 2 is 1.89 bits per heavy atom. The van der Waals surface area contributed by atoms with Gasteiger partial charge in [-0.2, -0.15) is 0 Å². The number of hydrogen-bond donors (Lipinski definition) is 1. The molecule has 3 nitrogen and oxygen atoms in total. The van der Waals surface area contributed by atoms with Gasteiger partial charge in [-0.1, -0.05) is 34.1 Å². The number of nitrogens with zero attached hydrogens (tertiary/aromatic N) is 1. The molecule has 2 aromatic rings. The first-order valence-corrected chi connectivity index (χ1v) is 6.07. The zero-order chi connectivity index (χ0) is 13.0. The molecular formula is C14H10BrNO2. The van der Waals surface area contributed by atoms with Gasteiger partial charge in [-0.15, -0.1) is 0 Å². The van der Waals surface area contributed by atoms with Crippen LogP contribution in [-0.2, 0) is 0 Å². The highest BCUT2D eigenvalue weighted by Gasteiger charge is 2.01. The van der Waals surface area contributed by atoms with E-state index < -0.39 is 5.97 Å². The van der Waals surface area contributed by atoms with Crippen molar-refractivity contribution in [3.8, 4) is 0 Å². The second kappa shape index (κ2) is 5.60. The lowest BCUT2D eigenvalue weighted by Gasteiger charge is -1.97. The molecule has 1 heterocycles. The molecule has 0 saturated carbocycles. The van der Waals surface area contributed by atoms with Crippen molar-refractivity contribution < 1.29 is 9.90 Å². The first kappa shape index (κ1) is 12.5. The van der Waals surface area contributed by atoms with Crippen molar-refractivity contribution in [1.29, 1.82) is 0 Å². The number of halogens is 1.